The van der Waals surface area contributed by atoms with E-state index in [0.29, 0.717) is 22.9 Å². The number of hydrazone groups is 1. The molecule has 20 heavy (non-hydrogen) atoms. The number of benzene rings is 1. The number of ether oxygens (including phenoxy) is 1. The van der Waals surface area contributed by atoms with E-state index in [1.165, 1.54) is 0 Å². The van der Waals surface area contributed by atoms with Crippen molar-refractivity contribution in [3.63, 3.8) is 0 Å². The summed E-state index contributed by atoms with van der Waals surface area (Å²) in [4.78, 5) is 23.3. The Hall–Kier alpha value is -1.88. The highest BCUT2D eigenvalue weighted by Gasteiger charge is 2.17. The van der Waals surface area contributed by atoms with Gasteiger partial charge in [0.25, 0.3) is 5.91 Å². The van der Waals surface area contributed by atoms with Crippen molar-refractivity contribution in [3.05, 3.63) is 34.9 Å². The van der Waals surface area contributed by atoms with Crippen molar-refractivity contribution in [2.45, 2.75) is 20.8 Å². The molecular formula is C14H17ClN2O3. The summed E-state index contributed by atoms with van der Waals surface area (Å²) in [5, 5.41) is 4.46. The quantitative estimate of drug-likeness (QED) is 0.516. The van der Waals surface area contributed by atoms with Gasteiger partial charge in [-0.1, -0.05) is 11.6 Å². The molecule has 6 heteroatoms. The maximum atomic E-state index is 11.8. The lowest BCUT2D eigenvalue weighted by Crippen LogP contribution is -2.25. The smallest absolute Gasteiger partial charge is 0.314 e. The van der Waals surface area contributed by atoms with Crippen LogP contribution in [0.5, 0.6) is 0 Å². The van der Waals surface area contributed by atoms with E-state index in [1.54, 1.807) is 45.0 Å². The Balaban J connectivity index is 2.64. The van der Waals surface area contributed by atoms with Crippen LogP contribution in [0.4, 0.5) is 0 Å². The number of nitrogens with zero attached hydrogens (tertiary/aromatic N) is 1. The number of carbonyl (C=O) groups excluding carboxylic acids is 2. The van der Waals surface area contributed by atoms with Crippen molar-refractivity contribution in [2.75, 3.05) is 6.61 Å². The van der Waals surface area contributed by atoms with Gasteiger partial charge in [0.1, 0.15) is 0 Å². The third-order valence-corrected chi connectivity index (χ3v) is 2.96. The minimum Gasteiger partial charge on any atom is -0.465 e. The molecular weight excluding hydrogens is 280 g/mol. The van der Waals surface area contributed by atoms with E-state index >= 15 is 0 Å². The Morgan fingerprint density at radius 1 is 1.35 bits per heavy atom. The first-order valence-electron chi connectivity index (χ1n) is 6.22. The van der Waals surface area contributed by atoms with E-state index in [-0.39, 0.29) is 11.9 Å². The minimum atomic E-state index is -0.500. The van der Waals surface area contributed by atoms with Crippen LogP contribution in [0.2, 0.25) is 5.02 Å². The molecule has 0 aliphatic rings. The normalized spacial score (nSPS) is 12.7. The van der Waals surface area contributed by atoms with E-state index in [4.69, 9.17) is 16.3 Å². The molecule has 0 fully saturated rings. The van der Waals surface area contributed by atoms with Gasteiger partial charge in [-0.15, -0.1) is 0 Å². The fourth-order valence-corrected chi connectivity index (χ4v) is 1.47. The molecule has 1 aromatic rings. The van der Waals surface area contributed by atoms with Crippen LogP contribution >= 0.6 is 11.6 Å². The Morgan fingerprint density at radius 2 is 1.95 bits per heavy atom. The Morgan fingerprint density at radius 3 is 2.50 bits per heavy atom. The van der Waals surface area contributed by atoms with Crippen LogP contribution in [-0.2, 0) is 9.53 Å². The van der Waals surface area contributed by atoms with Crippen molar-refractivity contribution in [1.29, 1.82) is 0 Å². The molecule has 5 nitrogen and oxygen atoms in total. The van der Waals surface area contributed by atoms with Gasteiger partial charge < -0.3 is 4.74 Å². The molecule has 1 amide bonds. The van der Waals surface area contributed by atoms with Crippen LogP contribution in [-0.4, -0.2) is 24.2 Å². The maximum absolute atomic E-state index is 11.8. The van der Waals surface area contributed by atoms with Gasteiger partial charge in [-0.3, -0.25) is 9.59 Å². The van der Waals surface area contributed by atoms with E-state index in [1.807, 2.05) is 0 Å². The molecule has 0 saturated carbocycles. The lowest BCUT2D eigenvalue weighted by Gasteiger charge is -2.10. The predicted octanol–water partition coefficient (Wildman–Crippen LogP) is 2.64. The lowest BCUT2D eigenvalue weighted by atomic mass is 10.1. The first kappa shape index (κ1) is 16.2. The molecule has 0 spiro atoms. The summed E-state index contributed by atoms with van der Waals surface area (Å²) in [5.41, 5.74) is 3.31. The van der Waals surface area contributed by atoms with Gasteiger partial charge >= 0.3 is 5.97 Å². The van der Waals surface area contributed by atoms with Gasteiger partial charge in [-0.05, 0) is 45.0 Å². The number of hydrogen-bond acceptors (Lipinski definition) is 4. The number of amides is 1. The van der Waals surface area contributed by atoms with E-state index in [2.05, 4.69) is 10.5 Å². The first-order valence-corrected chi connectivity index (χ1v) is 6.60. The molecule has 0 bridgehead atoms. The standard InChI is InChI=1S/C14H17ClN2O3/c1-4-20-14(19)9(2)10(3)16-17-13(18)11-5-7-12(15)8-6-11/h5-9H,4H2,1-3H3,(H,17,18). The zero-order valence-corrected chi connectivity index (χ0v) is 12.4. The molecule has 0 radical (unpaired) electrons. The molecule has 1 aromatic carbocycles. The highest BCUT2D eigenvalue weighted by atomic mass is 35.5. The topological polar surface area (TPSA) is 67.8 Å². The van der Waals surface area contributed by atoms with Crippen LogP contribution in [0.25, 0.3) is 0 Å². The largest absolute Gasteiger partial charge is 0.465 e. The zero-order valence-electron chi connectivity index (χ0n) is 11.6. The number of esters is 1. The van der Waals surface area contributed by atoms with Crippen molar-refractivity contribution in [2.24, 2.45) is 11.0 Å². The van der Waals surface area contributed by atoms with E-state index in [0.717, 1.165) is 0 Å². The Labute approximate surface area is 123 Å². The van der Waals surface area contributed by atoms with E-state index in [9.17, 15) is 9.59 Å². The SMILES string of the molecule is CCOC(=O)C(C)C(C)=NNC(=O)c1ccc(Cl)cc1. The second-order valence-corrected chi connectivity index (χ2v) is 4.61. The third-order valence-electron chi connectivity index (χ3n) is 2.71. The summed E-state index contributed by atoms with van der Waals surface area (Å²) in [7, 11) is 0. The van der Waals surface area contributed by atoms with Crippen LogP contribution in [0.15, 0.2) is 29.4 Å². The molecule has 0 heterocycles. The Bertz CT molecular complexity index is 512. The molecule has 0 aliphatic heterocycles. The van der Waals surface area contributed by atoms with E-state index < -0.39 is 5.92 Å². The van der Waals surface area contributed by atoms with Crippen molar-refractivity contribution < 1.29 is 14.3 Å². The number of hydrogen-bond donors (Lipinski definition) is 1. The van der Waals surface area contributed by atoms with Crippen molar-refractivity contribution >= 4 is 29.2 Å². The second kappa shape index (κ2) is 7.65. The summed E-state index contributed by atoms with van der Waals surface area (Å²) in [5.74, 6) is -1.23. The van der Waals surface area contributed by atoms with Gasteiger partial charge in [0.2, 0.25) is 0 Å². The van der Waals surface area contributed by atoms with Gasteiger partial charge in [-0.2, -0.15) is 5.10 Å². The molecule has 1 N–H and O–H groups in total. The number of nitrogens with one attached hydrogen (secondary N) is 1. The fraction of sp³-hybridized carbons (Fsp3) is 0.357. The predicted molar refractivity (Wildman–Crippen MR) is 77.8 cm³/mol. The average Bonchev–Trinajstić information content (AvgIpc) is 2.44. The summed E-state index contributed by atoms with van der Waals surface area (Å²) in [6, 6.07) is 6.43. The van der Waals surface area contributed by atoms with Crippen molar-refractivity contribution in [1.82, 2.24) is 5.43 Å². The van der Waals surface area contributed by atoms with Gasteiger partial charge in [0.15, 0.2) is 0 Å². The monoisotopic (exact) mass is 296 g/mol. The van der Waals surface area contributed by atoms with Crippen LogP contribution in [0.3, 0.4) is 0 Å². The van der Waals surface area contributed by atoms with Gasteiger partial charge in [0, 0.05) is 16.3 Å². The molecule has 1 unspecified atom stereocenters. The van der Waals surface area contributed by atoms with Crippen LogP contribution in [0.1, 0.15) is 31.1 Å². The summed E-state index contributed by atoms with van der Waals surface area (Å²) in [6.07, 6.45) is 0. The third kappa shape index (κ3) is 4.66. The molecule has 1 atom stereocenters. The van der Waals surface area contributed by atoms with Crippen LogP contribution < -0.4 is 5.43 Å². The lowest BCUT2D eigenvalue weighted by molar-refractivity contribution is -0.145. The second-order valence-electron chi connectivity index (χ2n) is 4.17. The molecule has 0 aliphatic carbocycles. The first-order chi connectivity index (χ1) is 9.45. The van der Waals surface area contributed by atoms with Crippen LogP contribution in [0, 0.1) is 5.92 Å². The van der Waals surface area contributed by atoms with Gasteiger partial charge in [-0.25, -0.2) is 5.43 Å². The highest BCUT2D eigenvalue weighted by molar-refractivity contribution is 6.30. The number of carbonyl (C=O) groups is 2. The molecule has 0 aromatic heterocycles. The van der Waals surface area contributed by atoms with Crippen molar-refractivity contribution in [3.8, 4) is 0 Å². The molecule has 1 rings (SSSR count). The average molecular weight is 297 g/mol. The summed E-state index contributed by atoms with van der Waals surface area (Å²) >= 11 is 5.74. The minimum absolute atomic E-state index is 0.313. The number of rotatable bonds is 5. The number of halogens is 1. The zero-order chi connectivity index (χ0) is 15.1. The molecule has 0 saturated heterocycles. The maximum Gasteiger partial charge on any atom is 0.314 e. The Kier molecular flexibility index (Phi) is 6.18. The summed E-state index contributed by atoms with van der Waals surface area (Å²) in [6.45, 7) is 5.38. The van der Waals surface area contributed by atoms with Gasteiger partial charge in [0.05, 0.1) is 12.5 Å². The molecule has 108 valence electrons. The fourth-order valence-electron chi connectivity index (χ4n) is 1.34. The summed E-state index contributed by atoms with van der Waals surface area (Å²) < 4.78 is 4.88. The highest BCUT2D eigenvalue weighted by Crippen LogP contribution is 2.09.